The number of hydrogen-bond acceptors (Lipinski definition) is 4. The number of likely N-dealkylation sites (N-methyl/N-ethyl adjacent to an activating group) is 2. The van der Waals surface area contributed by atoms with Crippen LogP contribution in [0.25, 0.3) is 0 Å². The summed E-state index contributed by atoms with van der Waals surface area (Å²) in [6.45, 7) is 1.74. The van der Waals surface area contributed by atoms with Crippen molar-refractivity contribution in [2.75, 3.05) is 39.1 Å². The van der Waals surface area contributed by atoms with Gasteiger partial charge >= 0.3 is 11.8 Å². The van der Waals surface area contributed by atoms with Gasteiger partial charge in [-0.1, -0.05) is 42.5 Å². The average molecular weight is 380 g/mol. The van der Waals surface area contributed by atoms with Crippen molar-refractivity contribution in [1.29, 1.82) is 0 Å². The highest BCUT2D eigenvalue weighted by Crippen LogP contribution is 2.30. The maximum atomic E-state index is 12.2. The predicted molar refractivity (Wildman–Crippen MR) is 111 cm³/mol. The van der Waals surface area contributed by atoms with E-state index in [0.29, 0.717) is 13.1 Å². The third-order valence-corrected chi connectivity index (χ3v) is 5.20. The topological polar surface area (TPSA) is 64.7 Å². The molecular weight excluding hydrogens is 352 g/mol. The normalized spacial score (nSPS) is 13.9. The van der Waals surface area contributed by atoms with Crippen molar-refractivity contribution in [3.05, 3.63) is 65.2 Å². The molecule has 1 atom stereocenters. The summed E-state index contributed by atoms with van der Waals surface area (Å²) in [4.78, 5) is 28.6. The van der Waals surface area contributed by atoms with Gasteiger partial charge in [-0.2, -0.15) is 0 Å². The van der Waals surface area contributed by atoms with Gasteiger partial charge in [0.05, 0.1) is 6.04 Å². The summed E-state index contributed by atoms with van der Waals surface area (Å²) >= 11 is 0. The summed E-state index contributed by atoms with van der Waals surface area (Å²) in [6, 6.07) is 16.0. The zero-order valence-electron chi connectivity index (χ0n) is 16.7. The fraction of sp³-hybridized carbons (Fsp3) is 0.364. The van der Waals surface area contributed by atoms with E-state index in [1.807, 2.05) is 44.4 Å². The van der Waals surface area contributed by atoms with Crippen molar-refractivity contribution in [1.82, 2.24) is 15.5 Å². The number of fused-ring (bicyclic) bond motifs is 1. The summed E-state index contributed by atoms with van der Waals surface area (Å²) < 4.78 is 0. The Kier molecular flexibility index (Phi) is 6.31. The van der Waals surface area contributed by atoms with Crippen molar-refractivity contribution >= 4 is 17.5 Å². The van der Waals surface area contributed by atoms with Crippen LogP contribution in [0.1, 0.15) is 22.7 Å². The molecular formula is C22H28N4O2. The zero-order chi connectivity index (χ0) is 20.1. The standard InChI is InChI=1S/C22H28N4O2/c1-25(2)20(17-9-10-19-18(13-17)11-12-26(19)3)15-24-22(28)21(27)23-14-16-7-5-4-6-8-16/h4-10,13,20H,11-12,14-15H2,1-3H3,(H,23,27)(H,24,28)/t20-/m0/s1. The van der Waals surface area contributed by atoms with Crippen LogP contribution >= 0.6 is 0 Å². The first-order valence-electron chi connectivity index (χ1n) is 9.56. The number of anilines is 1. The first-order chi connectivity index (χ1) is 13.5. The number of rotatable bonds is 6. The highest BCUT2D eigenvalue weighted by Gasteiger charge is 2.22. The Morgan fingerprint density at radius 3 is 2.50 bits per heavy atom. The number of nitrogens with one attached hydrogen (secondary N) is 2. The maximum absolute atomic E-state index is 12.2. The second-order valence-corrected chi connectivity index (χ2v) is 7.42. The molecule has 0 spiro atoms. The number of carbonyl (C=O) groups is 2. The third-order valence-electron chi connectivity index (χ3n) is 5.20. The largest absolute Gasteiger partial charge is 0.374 e. The van der Waals surface area contributed by atoms with Gasteiger partial charge in [0.25, 0.3) is 0 Å². The van der Waals surface area contributed by atoms with E-state index in [1.54, 1.807) is 0 Å². The van der Waals surface area contributed by atoms with Crippen molar-refractivity contribution in [2.24, 2.45) is 0 Å². The molecule has 2 aromatic rings. The smallest absolute Gasteiger partial charge is 0.309 e. The minimum absolute atomic E-state index is 0.00193. The molecule has 0 radical (unpaired) electrons. The highest BCUT2D eigenvalue weighted by atomic mass is 16.2. The Balaban J connectivity index is 1.57. The maximum Gasteiger partial charge on any atom is 0.309 e. The van der Waals surface area contributed by atoms with E-state index in [4.69, 9.17) is 0 Å². The number of hydrogen-bond donors (Lipinski definition) is 2. The van der Waals surface area contributed by atoms with Crippen molar-refractivity contribution in [3.8, 4) is 0 Å². The highest BCUT2D eigenvalue weighted by molar-refractivity contribution is 6.35. The second-order valence-electron chi connectivity index (χ2n) is 7.42. The van der Waals surface area contributed by atoms with Gasteiger partial charge in [0.1, 0.15) is 0 Å². The molecule has 0 saturated carbocycles. The van der Waals surface area contributed by atoms with Gasteiger partial charge in [-0.25, -0.2) is 0 Å². The van der Waals surface area contributed by atoms with Crippen LogP contribution in [0.5, 0.6) is 0 Å². The summed E-state index contributed by atoms with van der Waals surface area (Å²) in [5.74, 6) is -1.22. The molecule has 1 heterocycles. The lowest BCUT2D eigenvalue weighted by Gasteiger charge is -2.26. The van der Waals surface area contributed by atoms with Crippen LogP contribution in [-0.2, 0) is 22.6 Å². The Morgan fingerprint density at radius 2 is 1.79 bits per heavy atom. The third kappa shape index (κ3) is 4.70. The SMILES string of the molecule is CN1CCc2cc([C@H](CNC(=O)C(=O)NCc3ccccc3)N(C)C)ccc21. The monoisotopic (exact) mass is 380 g/mol. The molecule has 0 fully saturated rings. The molecule has 0 bridgehead atoms. The van der Waals surface area contributed by atoms with Gasteiger partial charge in [-0.15, -0.1) is 0 Å². The average Bonchev–Trinajstić information content (AvgIpc) is 3.07. The number of carbonyl (C=O) groups excluding carboxylic acids is 2. The van der Waals surface area contributed by atoms with Crippen LogP contribution in [0.4, 0.5) is 5.69 Å². The minimum atomic E-state index is -0.614. The molecule has 6 nitrogen and oxygen atoms in total. The van der Waals surface area contributed by atoms with Crippen LogP contribution in [0.2, 0.25) is 0 Å². The first-order valence-corrected chi connectivity index (χ1v) is 9.56. The van der Waals surface area contributed by atoms with Crippen LogP contribution in [0.3, 0.4) is 0 Å². The minimum Gasteiger partial charge on any atom is -0.374 e. The molecule has 28 heavy (non-hydrogen) atoms. The van der Waals surface area contributed by atoms with Gasteiger partial charge in [0.2, 0.25) is 0 Å². The summed E-state index contributed by atoms with van der Waals surface area (Å²) in [5, 5.41) is 5.43. The van der Waals surface area contributed by atoms with E-state index in [9.17, 15) is 9.59 Å². The van der Waals surface area contributed by atoms with Gasteiger partial charge in [0, 0.05) is 32.4 Å². The number of benzene rings is 2. The zero-order valence-corrected chi connectivity index (χ0v) is 16.7. The lowest BCUT2D eigenvalue weighted by Crippen LogP contribution is -2.42. The Hall–Kier alpha value is -2.86. The molecule has 0 aliphatic carbocycles. The Morgan fingerprint density at radius 1 is 1.07 bits per heavy atom. The van der Waals surface area contributed by atoms with Crippen molar-refractivity contribution < 1.29 is 9.59 Å². The summed E-state index contributed by atoms with van der Waals surface area (Å²) in [6.07, 6.45) is 1.04. The summed E-state index contributed by atoms with van der Waals surface area (Å²) in [5.41, 5.74) is 4.70. The molecule has 3 rings (SSSR count). The van der Waals surface area contributed by atoms with E-state index in [-0.39, 0.29) is 6.04 Å². The van der Waals surface area contributed by atoms with Gasteiger partial charge in [-0.3, -0.25) is 9.59 Å². The lowest BCUT2D eigenvalue weighted by molar-refractivity contribution is -0.139. The molecule has 0 aromatic heterocycles. The first kappa shape index (κ1) is 19.9. The number of amides is 2. The Bertz CT molecular complexity index is 836. The second kappa shape index (κ2) is 8.89. The van der Waals surface area contributed by atoms with Gasteiger partial charge in [0.15, 0.2) is 0 Å². The molecule has 2 amide bonds. The Labute approximate surface area is 166 Å². The quantitative estimate of drug-likeness (QED) is 0.749. The van der Waals surface area contributed by atoms with E-state index in [0.717, 1.165) is 24.1 Å². The van der Waals surface area contributed by atoms with E-state index in [2.05, 4.69) is 45.7 Å². The number of nitrogens with zero attached hydrogens (tertiary/aromatic N) is 2. The molecule has 148 valence electrons. The fourth-order valence-electron chi connectivity index (χ4n) is 3.52. The molecule has 2 aromatic carbocycles. The lowest BCUT2D eigenvalue weighted by atomic mass is 10.0. The van der Waals surface area contributed by atoms with Crippen LogP contribution < -0.4 is 15.5 Å². The molecule has 6 heteroatoms. The van der Waals surface area contributed by atoms with Crippen molar-refractivity contribution in [2.45, 2.75) is 19.0 Å². The van der Waals surface area contributed by atoms with E-state index < -0.39 is 11.8 Å². The molecule has 1 aliphatic rings. The van der Waals surface area contributed by atoms with Gasteiger partial charge < -0.3 is 20.4 Å². The predicted octanol–water partition coefficient (Wildman–Crippen LogP) is 1.71. The summed E-state index contributed by atoms with van der Waals surface area (Å²) in [7, 11) is 6.06. The van der Waals surface area contributed by atoms with E-state index >= 15 is 0 Å². The molecule has 0 saturated heterocycles. The van der Waals surface area contributed by atoms with Gasteiger partial charge in [-0.05, 0) is 43.3 Å². The van der Waals surface area contributed by atoms with E-state index in [1.165, 1.54) is 11.3 Å². The van der Waals surface area contributed by atoms with Crippen LogP contribution in [0.15, 0.2) is 48.5 Å². The fourth-order valence-corrected chi connectivity index (χ4v) is 3.52. The van der Waals surface area contributed by atoms with Crippen LogP contribution in [-0.4, -0.2) is 50.9 Å². The van der Waals surface area contributed by atoms with Crippen molar-refractivity contribution in [3.63, 3.8) is 0 Å². The van der Waals surface area contributed by atoms with Crippen LogP contribution in [0, 0.1) is 0 Å². The molecule has 1 aliphatic heterocycles. The molecule has 2 N–H and O–H groups in total. The molecule has 0 unspecified atom stereocenters.